The molecule has 0 spiro atoms. The maximum atomic E-state index is 11.6. The quantitative estimate of drug-likeness (QED) is 0.795. The maximum Gasteiger partial charge on any atom is 0.202 e. The lowest BCUT2D eigenvalue weighted by atomic mass is 10.1. The van der Waals surface area contributed by atoms with Gasteiger partial charge in [0.1, 0.15) is 0 Å². The van der Waals surface area contributed by atoms with Crippen molar-refractivity contribution >= 4 is 27.0 Å². The molecule has 1 aromatic carbocycles. The first-order valence-corrected chi connectivity index (χ1v) is 5.84. The van der Waals surface area contributed by atoms with E-state index in [4.69, 9.17) is 16.7 Å². The number of fused-ring (bicyclic) bond motifs is 1. The van der Waals surface area contributed by atoms with Crippen LogP contribution < -0.4 is 0 Å². The van der Waals surface area contributed by atoms with Crippen LogP contribution >= 0.6 is 11.6 Å². The Hall–Kier alpha value is -0.840. The van der Waals surface area contributed by atoms with E-state index in [1.165, 1.54) is 6.07 Å². The first kappa shape index (κ1) is 9.71. The van der Waals surface area contributed by atoms with Crippen LogP contribution in [0.1, 0.15) is 5.56 Å². The normalized spacial score (nSPS) is 17.7. The molecule has 0 amide bonds. The van der Waals surface area contributed by atoms with E-state index in [0.717, 1.165) is 5.41 Å². The predicted molar refractivity (Wildman–Crippen MR) is 53.7 cm³/mol. The van der Waals surface area contributed by atoms with Crippen molar-refractivity contribution < 1.29 is 13.5 Å². The van der Waals surface area contributed by atoms with Crippen LogP contribution in [0.2, 0.25) is 5.02 Å². The minimum absolute atomic E-state index is 0.103. The van der Waals surface area contributed by atoms with E-state index >= 15 is 0 Å². The molecule has 0 unspecified atom stereocenters. The number of benzene rings is 1. The number of aliphatic hydroxyl groups is 1. The second-order valence-electron chi connectivity index (χ2n) is 2.96. The molecule has 0 aromatic heterocycles. The summed E-state index contributed by atoms with van der Waals surface area (Å²) in [7, 11) is -3.45. The first-order chi connectivity index (χ1) is 6.56. The molecule has 3 nitrogen and oxygen atoms in total. The highest BCUT2D eigenvalue weighted by Gasteiger charge is 2.28. The van der Waals surface area contributed by atoms with Gasteiger partial charge >= 0.3 is 0 Å². The molecule has 1 heterocycles. The van der Waals surface area contributed by atoms with Gasteiger partial charge in [0.15, 0.2) is 0 Å². The minimum atomic E-state index is -3.45. The summed E-state index contributed by atoms with van der Waals surface area (Å²) in [5.41, 5.74) is 0.891. The van der Waals surface area contributed by atoms with Gasteiger partial charge in [0.2, 0.25) is 9.84 Å². The summed E-state index contributed by atoms with van der Waals surface area (Å²) in [6, 6.07) is 4.81. The molecule has 5 heteroatoms. The van der Waals surface area contributed by atoms with Crippen molar-refractivity contribution in [3.63, 3.8) is 0 Å². The molecule has 74 valence electrons. The lowest BCUT2D eigenvalue weighted by Gasteiger charge is -2.02. The lowest BCUT2D eigenvalue weighted by Crippen LogP contribution is -1.94. The number of sulfone groups is 1. The molecule has 1 aliphatic rings. The third-order valence-corrected chi connectivity index (χ3v) is 4.10. The van der Waals surface area contributed by atoms with E-state index in [2.05, 4.69) is 0 Å². The summed E-state index contributed by atoms with van der Waals surface area (Å²) in [5.74, 6) is 0. The summed E-state index contributed by atoms with van der Waals surface area (Å²) in [6.45, 7) is -0.299. The molecular formula is C9H7ClO3S. The molecule has 0 saturated heterocycles. The Bertz CT molecular complexity index is 517. The highest BCUT2D eigenvalue weighted by atomic mass is 35.5. The van der Waals surface area contributed by atoms with Gasteiger partial charge in [-0.2, -0.15) is 0 Å². The number of hydrogen-bond donors (Lipinski definition) is 1. The van der Waals surface area contributed by atoms with Gasteiger partial charge in [-0.05, 0) is 11.6 Å². The Morgan fingerprint density at radius 2 is 2.07 bits per heavy atom. The summed E-state index contributed by atoms with van der Waals surface area (Å²) in [6.07, 6.45) is 0. The lowest BCUT2D eigenvalue weighted by molar-refractivity contribution is 0.350. The van der Waals surface area contributed by atoms with Gasteiger partial charge in [-0.1, -0.05) is 23.7 Å². The molecule has 1 aliphatic heterocycles. The average Bonchev–Trinajstić information content (AvgIpc) is 2.39. The first-order valence-electron chi connectivity index (χ1n) is 3.91. The molecule has 0 bridgehead atoms. The monoisotopic (exact) mass is 230 g/mol. The number of halogens is 1. The van der Waals surface area contributed by atoms with Crippen molar-refractivity contribution in [3.05, 3.63) is 34.2 Å². The van der Waals surface area contributed by atoms with Crippen molar-refractivity contribution in [1.29, 1.82) is 0 Å². The van der Waals surface area contributed by atoms with Gasteiger partial charge < -0.3 is 5.11 Å². The molecule has 0 fully saturated rings. The van der Waals surface area contributed by atoms with Crippen molar-refractivity contribution in [3.8, 4) is 0 Å². The highest BCUT2D eigenvalue weighted by molar-refractivity contribution is 7.95. The van der Waals surface area contributed by atoms with Crippen LogP contribution in [0.5, 0.6) is 0 Å². The third-order valence-electron chi connectivity index (χ3n) is 2.07. The number of aliphatic hydroxyl groups excluding tert-OH is 1. The second kappa shape index (κ2) is 3.08. The Balaban J connectivity index is 2.82. The van der Waals surface area contributed by atoms with Crippen LogP contribution in [0, 0.1) is 0 Å². The molecule has 1 N–H and O–H groups in total. The zero-order valence-corrected chi connectivity index (χ0v) is 8.64. The average molecular weight is 231 g/mol. The number of rotatable bonds is 1. The van der Waals surface area contributed by atoms with Gasteiger partial charge in [0, 0.05) is 11.0 Å². The zero-order chi connectivity index (χ0) is 10.3. The fourth-order valence-electron chi connectivity index (χ4n) is 1.48. The summed E-state index contributed by atoms with van der Waals surface area (Å²) >= 11 is 5.78. The van der Waals surface area contributed by atoms with E-state index < -0.39 is 9.84 Å². The van der Waals surface area contributed by atoms with Gasteiger partial charge in [-0.15, -0.1) is 0 Å². The number of hydrogen-bond acceptors (Lipinski definition) is 3. The fraction of sp³-hybridized carbons (Fsp3) is 0.111. The van der Waals surface area contributed by atoms with Gasteiger partial charge in [-0.3, -0.25) is 0 Å². The van der Waals surface area contributed by atoms with E-state index in [1.54, 1.807) is 12.1 Å². The molecule has 0 saturated carbocycles. The zero-order valence-electron chi connectivity index (χ0n) is 7.07. The van der Waals surface area contributed by atoms with Crippen LogP contribution in [0.15, 0.2) is 28.5 Å². The smallest absolute Gasteiger partial charge is 0.202 e. The van der Waals surface area contributed by atoms with Crippen molar-refractivity contribution in [2.45, 2.75) is 4.90 Å². The summed E-state index contributed by atoms with van der Waals surface area (Å²) < 4.78 is 23.1. The van der Waals surface area contributed by atoms with Crippen LogP contribution in [0.3, 0.4) is 0 Å². The molecule has 1 aromatic rings. The van der Waals surface area contributed by atoms with Crippen LogP contribution in [-0.2, 0) is 9.84 Å². The maximum absolute atomic E-state index is 11.6. The van der Waals surface area contributed by atoms with E-state index in [-0.39, 0.29) is 16.5 Å². The van der Waals surface area contributed by atoms with Crippen molar-refractivity contribution in [2.75, 3.05) is 6.61 Å². The van der Waals surface area contributed by atoms with Crippen LogP contribution in [-0.4, -0.2) is 20.1 Å². The molecule has 0 aliphatic carbocycles. The Labute approximate surface area is 86.6 Å². The standard InChI is InChI=1S/C9H7ClO3S/c10-8-3-1-2-7-6(4-11)5-14(12,13)9(7)8/h1-3,5,11H,4H2. The van der Waals surface area contributed by atoms with Crippen LogP contribution in [0.4, 0.5) is 0 Å². The van der Waals surface area contributed by atoms with Crippen molar-refractivity contribution in [1.82, 2.24) is 0 Å². The van der Waals surface area contributed by atoms with Crippen molar-refractivity contribution in [2.24, 2.45) is 0 Å². The summed E-state index contributed by atoms with van der Waals surface area (Å²) in [4.78, 5) is 0.103. The largest absolute Gasteiger partial charge is 0.392 e. The fourth-order valence-corrected chi connectivity index (χ4v) is 3.52. The van der Waals surface area contributed by atoms with Gasteiger partial charge in [0.25, 0.3) is 0 Å². The van der Waals surface area contributed by atoms with E-state index in [9.17, 15) is 8.42 Å². The topological polar surface area (TPSA) is 54.4 Å². The van der Waals surface area contributed by atoms with E-state index in [1.807, 2.05) is 0 Å². The SMILES string of the molecule is O=S1(=O)C=C(CO)c2cccc(Cl)c21. The Morgan fingerprint density at radius 3 is 2.71 bits per heavy atom. The van der Waals surface area contributed by atoms with Gasteiger partial charge in [-0.25, -0.2) is 8.42 Å². The second-order valence-corrected chi connectivity index (χ2v) is 5.10. The van der Waals surface area contributed by atoms with Gasteiger partial charge in [0.05, 0.1) is 16.5 Å². The third kappa shape index (κ3) is 1.27. The minimum Gasteiger partial charge on any atom is -0.392 e. The predicted octanol–water partition coefficient (Wildman–Crippen LogP) is 1.46. The van der Waals surface area contributed by atoms with Crippen LogP contribution in [0.25, 0.3) is 5.57 Å². The Morgan fingerprint density at radius 1 is 1.36 bits per heavy atom. The Kier molecular flexibility index (Phi) is 2.14. The molecular weight excluding hydrogens is 224 g/mol. The summed E-state index contributed by atoms with van der Waals surface area (Å²) in [5, 5.41) is 10.2. The van der Waals surface area contributed by atoms with E-state index in [0.29, 0.717) is 11.1 Å². The molecule has 14 heavy (non-hydrogen) atoms. The molecule has 2 rings (SSSR count). The molecule has 0 atom stereocenters. The highest BCUT2D eigenvalue weighted by Crippen LogP contribution is 2.37. The molecule has 0 radical (unpaired) electrons.